The minimum absolute atomic E-state index is 0.353. The summed E-state index contributed by atoms with van der Waals surface area (Å²) in [6, 6.07) is 9.02. The van der Waals surface area contributed by atoms with Gasteiger partial charge in [0.1, 0.15) is 25.0 Å². The molecule has 0 amide bonds. The minimum atomic E-state index is -0.417. The lowest BCUT2D eigenvalue weighted by Crippen LogP contribution is -3.20. The highest BCUT2D eigenvalue weighted by Gasteiger charge is 2.30. The molecule has 1 saturated heterocycles. The SMILES string of the molecule is C[C@@H]1CCC[C@@H](C)[NH+]1C[C@H](O)COc1ccccc1Br. The third-order valence-corrected chi connectivity index (χ3v) is 4.93. The van der Waals surface area contributed by atoms with Crippen molar-refractivity contribution in [1.82, 2.24) is 0 Å². The number of benzene rings is 1. The van der Waals surface area contributed by atoms with Gasteiger partial charge in [-0.2, -0.15) is 0 Å². The highest BCUT2D eigenvalue weighted by atomic mass is 79.9. The average Bonchev–Trinajstić information content (AvgIpc) is 2.42. The van der Waals surface area contributed by atoms with Gasteiger partial charge in [-0.3, -0.25) is 0 Å². The molecule has 20 heavy (non-hydrogen) atoms. The van der Waals surface area contributed by atoms with Crippen molar-refractivity contribution in [2.75, 3.05) is 13.2 Å². The molecule has 1 fully saturated rings. The summed E-state index contributed by atoms with van der Waals surface area (Å²) < 4.78 is 6.63. The van der Waals surface area contributed by atoms with Gasteiger partial charge in [-0.05, 0) is 61.2 Å². The largest absolute Gasteiger partial charge is 0.489 e. The summed E-state index contributed by atoms with van der Waals surface area (Å²) in [6.45, 7) is 5.69. The Hall–Kier alpha value is -0.580. The lowest BCUT2D eigenvalue weighted by Gasteiger charge is -2.36. The molecule has 3 nitrogen and oxygen atoms in total. The maximum Gasteiger partial charge on any atom is 0.137 e. The summed E-state index contributed by atoms with van der Waals surface area (Å²) in [7, 11) is 0. The lowest BCUT2D eigenvalue weighted by molar-refractivity contribution is -0.954. The van der Waals surface area contributed by atoms with Crippen LogP contribution in [0.25, 0.3) is 0 Å². The third kappa shape index (κ3) is 4.21. The molecular weight excluding hydrogens is 318 g/mol. The summed E-state index contributed by atoms with van der Waals surface area (Å²) in [6.07, 6.45) is 3.42. The van der Waals surface area contributed by atoms with Gasteiger partial charge >= 0.3 is 0 Å². The Kier molecular flexibility index (Phi) is 5.87. The first-order valence-corrected chi connectivity index (χ1v) is 8.28. The van der Waals surface area contributed by atoms with Crippen molar-refractivity contribution in [3.05, 3.63) is 28.7 Å². The Morgan fingerprint density at radius 2 is 1.95 bits per heavy atom. The second kappa shape index (κ2) is 7.43. The number of quaternary nitrogens is 1. The molecule has 4 heteroatoms. The Bertz CT molecular complexity index is 417. The predicted octanol–water partition coefficient (Wildman–Crippen LogP) is 2.03. The molecule has 0 spiro atoms. The lowest BCUT2D eigenvalue weighted by atomic mass is 9.97. The van der Waals surface area contributed by atoms with E-state index in [0.29, 0.717) is 18.7 Å². The highest BCUT2D eigenvalue weighted by Crippen LogP contribution is 2.23. The Labute approximate surface area is 130 Å². The zero-order valence-corrected chi connectivity index (χ0v) is 13.9. The molecule has 1 aliphatic rings. The summed E-state index contributed by atoms with van der Waals surface area (Å²) in [4.78, 5) is 1.51. The molecule has 0 saturated carbocycles. The van der Waals surface area contributed by atoms with Crippen molar-refractivity contribution in [1.29, 1.82) is 0 Å². The zero-order valence-electron chi connectivity index (χ0n) is 12.3. The van der Waals surface area contributed by atoms with E-state index >= 15 is 0 Å². The van der Waals surface area contributed by atoms with E-state index in [1.165, 1.54) is 24.2 Å². The fourth-order valence-corrected chi connectivity index (χ4v) is 3.47. The summed E-state index contributed by atoms with van der Waals surface area (Å²) in [5.41, 5.74) is 0. The van der Waals surface area contributed by atoms with Gasteiger partial charge in [0, 0.05) is 0 Å². The van der Waals surface area contributed by atoms with Gasteiger partial charge in [-0.1, -0.05) is 12.1 Å². The minimum Gasteiger partial charge on any atom is -0.489 e. The summed E-state index contributed by atoms with van der Waals surface area (Å²) >= 11 is 3.45. The quantitative estimate of drug-likeness (QED) is 0.858. The molecule has 2 N–H and O–H groups in total. The van der Waals surface area contributed by atoms with Gasteiger partial charge in [0.2, 0.25) is 0 Å². The normalized spacial score (nSPS) is 25.4. The van der Waals surface area contributed by atoms with E-state index in [2.05, 4.69) is 29.8 Å². The van der Waals surface area contributed by atoms with Crippen molar-refractivity contribution in [2.24, 2.45) is 0 Å². The maximum absolute atomic E-state index is 10.2. The monoisotopic (exact) mass is 342 g/mol. The fourth-order valence-electron chi connectivity index (χ4n) is 3.07. The number of rotatable bonds is 5. The average molecular weight is 343 g/mol. The van der Waals surface area contributed by atoms with Crippen LogP contribution in [0.2, 0.25) is 0 Å². The van der Waals surface area contributed by atoms with Crippen molar-refractivity contribution in [3.8, 4) is 5.75 Å². The van der Waals surface area contributed by atoms with Gasteiger partial charge in [0.25, 0.3) is 0 Å². The van der Waals surface area contributed by atoms with Crippen LogP contribution < -0.4 is 9.64 Å². The molecule has 1 heterocycles. The van der Waals surface area contributed by atoms with Crippen molar-refractivity contribution < 1.29 is 14.7 Å². The summed E-state index contributed by atoms with van der Waals surface area (Å²) in [5.74, 6) is 0.793. The molecule has 1 aromatic carbocycles. The number of hydrogen-bond acceptors (Lipinski definition) is 2. The maximum atomic E-state index is 10.2. The smallest absolute Gasteiger partial charge is 0.137 e. The third-order valence-electron chi connectivity index (χ3n) is 4.28. The van der Waals surface area contributed by atoms with E-state index in [1.807, 2.05) is 24.3 Å². The number of hydrogen-bond donors (Lipinski definition) is 2. The topological polar surface area (TPSA) is 33.9 Å². The van der Waals surface area contributed by atoms with Crippen LogP contribution >= 0.6 is 15.9 Å². The molecule has 0 bridgehead atoms. The molecule has 112 valence electrons. The van der Waals surface area contributed by atoms with Crippen LogP contribution in [-0.2, 0) is 0 Å². The van der Waals surface area contributed by atoms with Crippen LogP contribution in [0, 0.1) is 0 Å². The molecule has 0 unspecified atom stereocenters. The molecule has 0 aromatic heterocycles. The summed E-state index contributed by atoms with van der Waals surface area (Å²) in [5, 5.41) is 10.2. The van der Waals surface area contributed by atoms with Crippen LogP contribution in [0.3, 0.4) is 0 Å². The molecule has 0 radical (unpaired) electrons. The van der Waals surface area contributed by atoms with E-state index in [0.717, 1.165) is 16.8 Å². The molecule has 1 aliphatic heterocycles. The van der Waals surface area contributed by atoms with E-state index in [9.17, 15) is 5.11 Å². The molecule has 0 aliphatic carbocycles. The van der Waals surface area contributed by atoms with E-state index < -0.39 is 6.10 Å². The van der Waals surface area contributed by atoms with Crippen molar-refractivity contribution in [2.45, 2.75) is 51.3 Å². The number of aliphatic hydroxyl groups is 1. The van der Waals surface area contributed by atoms with Crippen LogP contribution in [0.4, 0.5) is 0 Å². The highest BCUT2D eigenvalue weighted by molar-refractivity contribution is 9.10. The van der Waals surface area contributed by atoms with Crippen LogP contribution in [-0.4, -0.2) is 36.4 Å². The van der Waals surface area contributed by atoms with Crippen molar-refractivity contribution in [3.63, 3.8) is 0 Å². The fraction of sp³-hybridized carbons (Fsp3) is 0.625. The predicted molar refractivity (Wildman–Crippen MR) is 84.2 cm³/mol. The number of likely N-dealkylation sites (tertiary alicyclic amines) is 1. The Morgan fingerprint density at radius 3 is 2.60 bits per heavy atom. The number of nitrogens with one attached hydrogen (secondary N) is 1. The molecule has 3 atom stereocenters. The standard InChI is InChI=1S/C16H24BrNO2/c1-12-6-5-7-13(2)18(12)10-14(19)11-20-16-9-4-3-8-15(16)17/h3-4,8-9,12-14,19H,5-7,10-11H2,1-2H3/p+1/t12-,13-,14+/m1/s1. The van der Waals surface area contributed by atoms with Crippen LogP contribution in [0.5, 0.6) is 5.75 Å². The number of ether oxygens (including phenoxy) is 1. The van der Waals surface area contributed by atoms with E-state index in [-0.39, 0.29) is 0 Å². The molecular formula is C16H25BrNO2+. The molecule has 2 rings (SSSR count). The molecule has 1 aromatic rings. The van der Waals surface area contributed by atoms with Crippen LogP contribution in [0.15, 0.2) is 28.7 Å². The van der Waals surface area contributed by atoms with Gasteiger partial charge in [-0.15, -0.1) is 0 Å². The number of para-hydroxylation sites is 1. The first-order valence-electron chi connectivity index (χ1n) is 7.49. The second-order valence-electron chi connectivity index (χ2n) is 5.91. The van der Waals surface area contributed by atoms with Gasteiger partial charge in [0.15, 0.2) is 0 Å². The van der Waals surface area contributed by atoms with Gasteiger partial charge in [-0.25, -0.2) is 0 Å². The van der Waals surface area contributed by atoms with E-state index in [4.69, 9.17) is 4.74 Å². The Balaban J connectivity index is 1.83. The second-order valence-corrected chi connectivity index (χ2v) is 6.76. The van der Waals surface area contributed by atoms with Crippen molar-refractivity contribution >= 4 is 15.9 Å². The first kappa shape index (κ1) is 15.8. The first-order chi connectivity index (χ1) is 9.58. The zero-order chi connectivity index (χ0) is 14.5. The van der Waals surface area contributed by atoms with E-state index in [1.54, 1.807) is 0 Å². The van der Waals surface area contributed by atoms with Gasteiger partial charge < -0.3 is 14.7 Å². The Morgan fingerprint density at radius 1 is 1.30 bits per heavy atom. The number of piperidine rings is 1. The van der Waals surface area contributed by atoms with Crippen LogP contribution in [0.1, 0.15) is 33.1 Å². The van der Waals surface area contributed by atoms with Gasteiger partial charge in [0.05, 0.1) is 16.6 Å². The number of halogens is 1. The number of aliphatic hydroxyl groups excluding tert-OH is 1.